The van der Waals surface area contributed by atoms with Crippen molar-refractivity contribution in [1.82, 2.24) is 20.0 Å². The largest absolute Gasteiger partial charge is 0.497 e. The maximum atomic E-state index is 12.8. The molecule has 0 bridgehead atoms. The Balaban J connectivity index is 1.72. The van der Waals surface area contributed by atoms with Crippen molar-refractivity contribution >= 4 is 5.91 Å². The molecule has 1 aromatic heterocycles. The average molecular weight is 342 g/mol. The minimum atomic E-state index is 0.0288. The number of methoxy groups -OCH3 is 1. The number of carbonyl (C=O) groups is 1. The molecule has 0 radical (unpaired) electrons. The summed E-state index contributed by atoms with van der Waals surface area (Å²) < 4.78 is 5.25. The van der Waals surface area contributed by atoms with Crippen LogP contribution in [0.25, 0.3) is 11.3 Å². The van der Waals surface area contributed by atoms with Crippen molar-refractivity contribution in [3.8, 4) is 17.0 Å². The first kappa shape index (κ1) is 17.5. The fourth-order valence-electron chi connectivity index (χ4n) is 3.33. The number of nitrogens with zero attached hydrogens (tertiary/aromatic N) is 3. The van der Waals surface area contributed by atoms with Crippen LogP contribution in [0.2, 0.25) is 0 Å². The summed E-state index contributed by atoms with van der Waals surface area (Å²) in [6.45, 7) is 1.59. The fraction of sp³-hybridized carbons (Fsp3) is 0.474. The second-order valence-corrected chi connectivity index (χ2v) is 6.74. The third kappa shape index (κ3) is 4.02. The van der Waals surface area contributed by atoms with Crippen molar-refractivity contribution in [2.75, 3.05) is 34.3 Å². The predicted molar refractivity (Wildman–Crippen MR) is 97.8 cm³/mol. The van der Waals surface area contributed by atoms with E-state index in [-0.39, 0.29) is 5.91 Å². The van der Waals surface area contributed by atoms with Gasteiger partial charge in [0.1, 0.15) is 11.4 Å². The number of ether oxygens (including phenoxy) is 1. The highest BCUT2D eigenvalue weighted by atomic mass is 16.5. The number of aromatic nitrogens is 2. The molecule has 1 aliphatic rings. The van der Waals surface area contributed by atoms with Crippen LogP contribution < -0.4 is 4.74 Å². The number of likely N-dealkylation sites (tertiary alicyclic amines) is 1. The predicted octanol–water partition coefficient (Wildman–Crippen LogP) is 2.64. The van der Waals surface area contributed by atoms with E-state index in [0.29, 0.717) is 11.7 Å². The van der Waals surface area contributed by atoms with Gasteiger partial charge in [-0.2, -0.15) is 5.10 Å². The lowest BCUT2D eigenvalue weighted by molar-refractivity contribution is 0.0752. The first-order valence-corrected chi connectivity index (χ1v) is 8.74. The van der Waals surface area contributed by atoms with Gasteiger partial charge in [-0.1, -0.05) is 12.1 Å². The van der Waals surface area contributed by atoms with Crippen LogP contribution in [0.4, 0.5) is 0 Å². The van der Waals surface area contributed by atoms with Gasteiger partial charge in [-0.15, -0.1) is 0 Å². The minimum Gasteiger partial charge on any atom is -0.497 e. The molecule has 0 unspecified atom stereocenters. The van der Waals surface area contributed by atoms with Crippen molar-refractivity contribution < 1.29 is 9.53 Å². The van der Waals surface area contributed by atoms with Gasteiger partial charge in [0.05, 0.1) is 12.8 Å². The lowest BCUT2D eigenvalue weighted by atomic mass is 10.1. The van der Waals surface area contributed by atoms with Gasteiger partial charge in [-0.3, -0.25) is 9.89 Å². The van der Waals surface area contributed by atoms with Gasteiger partial charge in [0.15, 0.2) is 0 Å². The van der Waals surface area contributed by atoms with Gasteiger partial charge in [0.25, 0.3) is 5.91 Å². The third-order valence-corrected chi connectivity index (χ3v) is 4.89. The highest BCUT2D eigenvalue weighted by Gasteiger charge is 2.23. The van der Waals surface area contributed by atoms with Crippen LogP contribution >= 0.6 is 0 Å². The molecule has 1 aromatic carbocycles. The van der Waals surface area contributed by atoms with E-state index in [1.54, 1.807) is 7.11 Å². The van der Waals surface area contributed by atoms with Crippen molar-refractivity contribution in [3.05, 3.63) is 36.0 Å². The highest BCUT2D eigenvalue weighted by molar-refractivity contribution is 5.93. The van der Waals surface area contributed by atoms with Crippen LogP contribution in [0.1, 0.15) is 29.8 Å². The fourth-order valence-corrected chi connectivity index (χ4v) is 3.33. The van der Waals surface area contributed by atoms with E-state index in [1.807, 2.05) is 35.2 Å². The Hall–Kier alpha value is -2.34. The summed E-state index contributed by atoms with van der Waals surface area (Å²) in [6.07, 6.45) is 3.18. The van der Waals surface area contributed by atoms with E-state index in [9.17, 15) is 4.79 Å². The Morgan fingerprint density at radius 2 is 2.12 bits per heavy atom. The van der Waals surface area contributed by atoms with Crippen LogP contribution in [0.15, 0.2) is 30.3 Å². The molecule has 0 saturated carbocycles. The molecule has 1 amide bonds. The SMILES string of the molecule is COc1cccc(-c2cc(C(=O)N3CCC[C@@H](N(C)C)CC3)[nH]n2)c1. The van der Waals surface area contributed by atoms with Crippen LogP contribution in [-0.2, 0) is 0 Å². The molecule has 0 aliphatic carbocycles. The molecule has 1 atom stereocenters. The van der Waals surface area contributed by atoms with Gasteiger partial charge < -0.3 is 14.5 Å². The second kappa shape index (κ2) is 7.70. The summed E-state index contributed by atoms with van der Waals surface area (Å²) in [5.41, 5.74) is 2.22. The first-order valence-electron chi connectivity index (χ1n) is 8.74. The molecular weight excluding hydrogens is 316 g/mol. The quantitative estimate of drug-likeness (QED) is 0.928. The molecule has 25 heavy (non-hydrogen) atoms. The van der Waals surface area contributed by atoms with Crippen LogP contribution in [0.5, 0.6) is 5.75 Å². The van der Waals surface area contributed by atoms with Crippen LogP contribution in [0.3, 0.4) is 0 Å². The summed E-state index contributed by atoms with van der Waals surface area (Å²) in [5, 5.41) is 7.21. The van der Waals surface area contributed by atoms with Gasteiger partial charge in [0.2, 0.25) is 0 Å². The Morgan fingerprint density at radius 3 is 2.88 bits per heavy atom. The van der Waals surface area contributed by atoms with Gasteiger partial charge >= 0.3 is 0 Å². The van der Waals surface area contributed by atoms with Crippen molar-refractivity contribution in [2.24, 2.45) is 0 Å². The first-order chi connectivity index (χ1) is 12.1. The van der Waals surface area contributed by atoms with Crippen molar-refractivity contribution in [1.29, 1.82) is 0 Å². The molecule has 6 nitrogen and oxygen atoms in total. The Bertz CT molecular complexity index is 726. The Morgan fingerprint density at radius 1 is 1.28 bits per heavy atom. The number of rotatable bonds is 4. The number of carbonyl (C=O) groups excluding carboxylic acids is 1. The average Bonchev–Trinajstić information content (AvgIpc) is 2.98. The zero-order chi connectivity index (χ0) is 17.8. The van der Waals surface area contributed by atoms with Crippen molar-refractivity contribution in [3.63, 3.8) is 0 Å². The zero-order valence-electron chi connectivity index (χ0n) is 15.2. The van der Waals surface area contributed by atoms with Gasteiger partial charge in [-0.05, 0) is 51.6 Å². The van der Waals surface area contributed by atoms with Crippen LogP contribution in [-0.4, -0.2) is 66.2 Å². The maximum Gasteiger partial charge on any atom is 0.271 e. The van der Waals surface area contributed by atoms with E-state index in [0.717, 1.165) is 49.4 Å². The summed E-state index contributed by atoms with van der Waals surface area (Å²) in [5.74, 6) is 0.802. The normalized spacial score (nSPS) is 18.2. The monoisotopic (exact) mass is 342 g/mol. The molecule has 2 heterocycles. The maximum absolute atomic E-state index is 12.8. The lowest BCUT2D eigenvalue weighted by Gasteiger charge is -2.23. The number of aromatic amines is 1. The smallest absolute Gasteiger partial charge is 0.271 e. The standard InChI is InChI=1S/C19H26N4O2/c1-22(2)15-7-5-10-23(11-9-15)19(24)18-13-17(20-21-18)14-6-4-8-16(12-14)25-3/h4,6,8,12-13,15H,5,7,9-11H2,1-3H3,(H,20,21)/t15-/m1/s1. The Kier molecular flexibility index (Phi) is 5.38. The lowest BCUT2D eigenvalue weighted by Crippen LogP contribution is -2.34. The second-order valence-electron chi connectivity index (χ2n) is 6.74. The number of nitrogens with one attached hydrogen (secondary N) is 1. The molecule has 1 saturated heterocycles. The summed E-state index contributed by atoms with van der Waals surface area (Å²) >= 11 is 0. The number of H-pyrrole nitrogens is 1. The van der Waals surface area contributed by atoms with Gasteiger partial charge in [0, 0.05) is 24.7 Å². The zero-order valence-corrected chi connectivity index (χ0v) is 15.2. The number of hydrogen-bond donors (Lipinski definition) is 1. The Labute approximate surface area is 148 Å². The van der Waals surface area contributed by atoms with E-state index in [2.05, 4.69) is 29.2 Å². The molecule has 1 fully saturated rings. The molecule has 6 heteroatoms. The van der Waals surface area contributed by atoms with Gasteiger partial charge in [-0.25, -0.2) is 0 Å². The molecule has 0 spiro atoms. The number of benzene rings is 1. The molecule has 3 rings (SSSR count). The van der Waals surface area contributed by atoms with E-state index in [4.69, 9.17) is 4.74 Å². The minimum absolute atomic E-state index is 0.0288. The highest BCUT2D eigenvalue weighted by Crippen LogP contribution is 2.23. The topological polar surface area (TPSA) is 61.5 Å². The van der Waals surface area contributed by atoms with Crippen LogP contribution in [0, 0.1) is 0 Å². The molecule has 134 valence electrons. The van der Waals surface area contributed by atoms with Crippen molar-refractivity contribution in [2.45, 2.75) is 25.3 Å². The number of amides is 1. The summed E-state index contributed by atoms with van der Waals surface area (Å²) in [6, 6.07) is 10.1. The molecule has 1 N–H and O–H groups in total. The molecule has 2 aromatic rings. The summed E-state index contributed by atoms with van der Waals surface area (Å²) in [7, 11) is 5.86. The third-order valence-electron chi connectivity index (χ3n) is 4.89. The van der Waals surface area contributed by atoms with E-state index in [1.165, 1.54) is 0 Å². The molecular formula is C19H26N4O2. The molecule has 1 aliphatic heterocycles. The van der Waals surface area contributed by atoms with E-state index >= 15 is 0 Å². The number of hydrogen-bond acceptors (Lipinski definition) is 4. The van der Waals surface area contributed by atoms with E-state index < -0.39 is 0 Å². The summed E-state index contributed by atoms with van der Waals surface area (Å²) in [4.78, 5) is 17.0.